The van der Waals surface area contributed by atoms with E-state index in [0.29, 0.717) is 27.7 Å². The molecule has 0 spiro atoms. The van der Waals surface area contributed by atoms with Crippen molar-refractivity contribution in [2.24, 2.45) is 5.16 Å². The second-order valence-corrected chi connectivity index (χ2v) is 9.61. The number of amides is 2. The van der Waals surface area contributed by atoms with E-state index in [-0.39, 0.29) is 10.8 Å². The van der Waals surface area contributed by atoms with Gasteiger partial charge in [0.1, 0.15) is 22.8 Å². The molecule has 0 saturated carbocycles. The van der Waals surface area contributed by atoms with Crippen LogP contribution in [0.5, 0.6) is 0 Å². The molecule has 4 heterocycles. The number of oxime groups is 1. The third-order valence-corrected chi connectivity index (χ3v) is 7.83. The van der Waals surface area contributed by atoms with E-state index in [4.69, 9.17) is 10.9 Å². The van der Waals surface area contributed by atoms with Crippen LogP contribution in [0.1, 0.15) is 11.3 Å². The van der Waals surface area contributed by atoms with Crippen LogP contribution >= 0.6 is 34.9 Å². The molecule has 168 valence electrons. The summed E-state index contributed by atoms with van der Waals surface area (Å²) < 4.78 is 13.9. The lowest BCUT2D eigenvalue weighted by molar-refractivity contribution is -0.150. The van der Waals surface area contributed by atoms with Gasteiger partial charge in [-0.25, -0.2) is 9.78 Å². The van der Waals surface area contributed by atoms with Gasteiger partial charge in [-0.15, -0.1) is 23.5 Å². The molecule has 2 atom stereocenters. The molecule has 2 aliphatic heterocycles. The molecule has 0 aliphatic carbocycles. The first-order valence-corrected chi connectivity index (χ1v) is 11.6. The van der Waals surface area contributed by atoms with Crippen molar-refractivity contribution < 1.29 is 29.1 Å². The Morgan fingerprint density at radius 2 is 2.28 bits per heavy atom. The van der Waals surface area contributed by atoms with Gasteiger partial charge in [0.15, 0.2) is 10.8 Å². The maximum absolute atomic E-state index is 13.9. The number of nitrogen functional groups attached to an aromatic ring is 1. The summed E-state index contributed by atoms with van der Waals surface area (Å²) in [5.41, 5.74) is 4.83. The molecule has 4 rings (SSSR count). The first kappa shape index (κ1) is 22.1. The van der Waals surface area contributed by atoms with E-state index in [0.717, 1.165) is 10.5 Å². The van der Waals surface area contributed by atoms with Crippen LogP contribution in [0.3, 0.4) is 0 Å². The van der Waals surface area contributed by atoms with Crippen LogP contribution in [0.4, 0.5) is 9.52 Å². The molecule has 1 saturated heterocycles. The quantitative estimate of drug-likeness (QED) is 0.154. The predicted molar refractivity (Wildman–Crippen MR) is 114 cm³/mol. The molecule has 2 amide bonds. The fourth-order valence-electron chi connectivity index (χ4n) is 3.10. The van der Waals surface area contributed by atoms with Crippen molar-refractivity contribution in [3.05, 3.63) is 39.4 Å². The van der Waals surface area contributed by atoms with E-state index in [1.165, 1.54) is 23.5 Å². The van der Waals surface area contributed by atoms with Crippen molar-refractivity contribution >= 4 is 63.5 Å². The van der Waals surface area contributed by atoms with Gasteiger partial charge in [-0.1, -0.05) is 16.5 Å². The molecule has 2 aliphatic rings. The maximum atomic E-state index is 13.9. The largest absolute Gasteiger partial charge is 0.477 e. The van der Waals surface area contributed by atoms with Crippen molar-refractivity contribution in [2.45, 2.75) is 17.2 Å². The van der Waals surface area contributed by atoms with E-state index in [9.17, 15) is 23.9 Å². The Labute approximate surface area is 191 Å². The summed E-state index contributed by atoms with van der Waals surface area (Å²) in [6, 6.07) is -1.09. The molecule has 0 aromatic carbocycles. The Kier molecular flexibility index (Phi) is 6.07. The van der Waals surface area contributed by atoms with Gasteiger partial charge in [0.05, 0.1) is 6.20 Å². The van der Waals surface area contributed by atoms with Gasteiger partial charge in [0.2, 0.25) is 5.13 Å². The Bertz CT molecular complexity index is 1150. The molecular weight excluding hydrogens is 485 g/mol. The zero-order valence-corrected chi connectivity index (χ0v) is 18.3. The number of nitrogens with zero attached hydrogens (tertiary/aromatic N) is 4. The number of carbonyl (C=O) groups is 3. The zero-order valence-electron chi connectivity index (χ0n) is 15.8. The average molecular weight is 500 g/mol. The second-order valence-electron chi connectivity index (χ2n) is 6.46. The molecule has 32 heavy (non-hydrogen) atoms. The summed E-state index contributed by atoms with van der Waals surface area (Å²) in [6.07, 6.45) is 3.30. The number of aliphatic carboxylic acids is 1. The highest BCUT2D eigenvalue weighted by atomic mass is 32.2. The van der Waals surface area contributed by atoms with Gasteiger partial charge in [0, 0.05) is 28.2 Å². The van der Waals surface area contributed by atoms with E-state index >= 15 is 0 Å². The highest BCUT2D eigenvalue weighted by Gasteiger charge is 2.54. The van der Waals surface area contributed by atoms with Crippen molar-refractivity contribution in [2.75, 3.05) is 11.5 Å². The lowest BCUT2D eigenvalue weighted by Gasteiger charge is -2.49. The fourth-order valence-corrected chi connectivity index (χ4v) is 6.21. The van der Waals surface area contributed by atoms with Crippen molar-refractivity contribution in [1.82, 2.24) is 25.4 Å². The number of β-lactam (4-membered cyclic amide) rings is 1. The van der Waals surface area contributed by atoms with E-state index in [1.54, 1.807) is 12.4 Å². The van der Waals surface area contributed by atoms with Gasteiger partial charge in [0.25, 0.3) is 11.8 Å². The molecule has 0 unspecified atom stereocenters. The third-order valence-electron chi connectivity index (χ3n) is 4.53. The van der Waals surface area contributed by atoms with Gasteiger partial charge >= 0.3 is 5.97 Å². The summed E-state index contributed by atoms with van der Waals surface area (Å²) in [5.74, 6) is -2.18. The predicted octanol–water partition coefficient (Wildman–Crippen LogP) is 0.395. The Morgan fingerprint density at radius 1 is 1.50 bits per heavy atom. The second kappa shape index (κ2) is 8.79. The Hall–Kier alpha value is -3.11. The first-order chi connectivity index (χ1) is 15.3. The summed E-state index contributed by atoms with van der Waals surface area (Å²) in [5, 5.41) is 28.7. The number of halogens is 1. The number of thioether (sulfide) groups is 2. The number of nitrogens with one attached hydrogen (secondary N) is 2. The minimum absolute atomic E-state index is 0.146. The van der Waals surface area contributed by atoms with Crippen LogP contribution in [0.25, 0.3) is 0 Å². The number of thiazole rings is 1. The standard InChI is InChI=1S/C16H14FN7O5S3/c17-11-7(22-16(18)32-11)8(23-29)12(25)21-9-13(26)24-10(15(27)28)6(4-31-14(9)24)30-3-5-1-19-20-2-5/h1-2,9,14,29H,3-4H2,(H2,18,22)(H,19,20)(H,21,25)(H,27,28)/b23-8-/t9-,14+/m1/s1. The number of aromatic nitrogens is 3. The van der Waals surface area contributed by atoms with Crippen LogP contribution in [0, 0.1) is 5.13 Å². The molecule has 0 bridgehead atoms. The van der Waals surface area contributed by atoms with E-state index in [1.807, 2.05) is 0 Å². The van der Waals surface area contributed by atoms with Gasteiger partial charge < -0.3 is 21.4 Å². The molecular formula is C16H14FN7O5S3. The van der Waals surface area contributed by atoms with E-state index < -0.39 is 45.7 Å². The minimum Gasteiger partial charge on any atom is -0.477 e. The number of carboxylic acid groups (broad SMARTS) is 1. The number of rotatable bonds is 7. The highest BCUT2D eigenvalue weighted by Crippen LogP contribution is 2.44. The van der Waals surface area contributed by atoms with Gasteiger partial charge in [-0.2, -0.15) is 9.49 Å². The van der Waals surface area contributed by atoms with Crippen LogP contribution < -0.4 is 11.1 Å². The van der Waals surface area contributed by atoms with Crippen LogP contribution in [-0.2, 0) is 20.1 Å². The van der Waals surface area contributed by atoms with Crippen molar-refractivity contribution in [1.29, 1.82) is 0 Å². The van der Waals surface area contributed by atoms with Crippen LogP contribution in [-0.4, -0.2) is 71.1 Å². The topological polar surface area (TPSA) is 187 Å². The Balaban J connectivity index is 1.49. The van der Waals surface area contributed by atoms with Crippen LogP contribution in [0.2, 0.25) is 0 Å². The first-order valence-electron chi connectivity index (χ1n) is 8.78. The highest BCUT2D eigenvalue weighted by molar-refractivity contribution is 8.05. The SMILES string of the molecule is Nc1nc(/C(=N/O)C(=O)N[C@@H]2C(=O)N3C(C(=O)O)=C(SCc4cn[nH]c4)CS[C@@H]23)c(F)s1. The number of anilines is 1. The number of fused-ring (bicyclic) bond motifs is 1. The summed E-state index contributed by atoms with van der Waals surface area (Å²) in [7, 11) is 0. The number of carboxylic acids is 1. The molecule has 0 radical (unpaired) electrons. The average Bonchev–Trinajstić information content (AvgIpc) is 3.39. The molecule has 2 aromatic rings. The number of nitrogens with two attached hydrogens (primary N) is 1. The minimum atomic E-state index is -1.26. The van der Waals surface area contributed by atoms with E-state index in [2.05, 4.69) is 25.7 Å². The van der Waals surface area contributed by atoms with Crippen molar-refractivity contribution in [3.8, 4) is 0 Å². The lowest BCUT2D eigenvalue weighted by Crippen LogP contribution is -2.71. The van der Waals surface area contributed by atoms with Gasteiger partial charge in [-0.05, 0) is 0 Å². The number of hydrogen-bond donors (Lipinski definition) is 5. The van der Waals surface area contributed by atoms with Crippen molar-refractivity contribution in [3.63, 3.8) is 0 Å². The molecule has 1 fully saturated rings. The number of carbonyl (C=O) groups excluding carboxylic acids is 2. The number of H-pyrrole nitrogens is 1. The molecule has 6 N–H and O–H groups in total. The monoisotopic (exact) mass is 499 g/mol. The summed E-state index contributed by atoms with van der Waals surface area (Å²) >= 11 is 3.02. The number of aromatic amines is 1. The summed E-state index contributed by atoms with van der Waals surface area (Å²) in [4.78, 5) is 42.3. The summed E-state index contributed by atoms with van der Waals surface area (Å²) in [6.45, 7) is 0. The third kappa shape index (κ3) is 3.91. The smallest absolute Gasteiger partial charge is 0.353 e. The Morgan fingerprint density at radius 3 is 2.88 bits per heavy atom. The van der Waals surface area contributed by atoms with Crippen LogP contribution in [0.15, 0.2) is 28.2 Å². The number of hydrogen-bond acceptors (Lipinski definition) is 11. The lowest BCUT2D eigenvalue weighted by atomic mass is 10.0. The zero-order chi connectivity index (χ0) is 23.0. The molecule has 2 aromatic heterocycles. The maximum Gasteiger partial charge on any atom is 0.353 e. The fraction of sp³-hybridized carbons (Fsp3) is 0.250. The van der Waals surface area contributed by atoms with Gasteiger partial charge in [-0.3, -0.25) is 19.6 Å². The molecule has 16 heteroatoms. The normalized spacial score (nSPS) is 20.7. The molecule has 12 nitrogen and oxygen atoms in total.